The van der Waals surface area contributed by atoms with Crippen molar-refractivity contribution in [1.82, 2.24) is 4.90 Å². The molecule has 4 rings (SSSR count). The number of ether oxygens (including phenoxy) is 2. The van der Waals surface area contributed by atoms with E-state index in [1.165, 1.54) is 164 Å². The number of nitrogens with zero attached hydrogens (tertiary/aromatic N) is 1. The molecule has 75 heavy (non-hydrogen) atoms. The summed E-state index contributed by atoms with van der Waals surface area (Å²) in [6.07, 6.45) is 42.4. The van der Waals surface area contributed by atoms with Gasteiger partial charge in [0.25, 0.3) is 8.32 Å². The number of carbonyl (C=O) groups excluding carboxylic acids is 2. The molecule has 0 aliphatic heterocycles. The van der Waals surface area contributed by atoms with Gasteiger partial charge in [0.2, 0.25) is 0 Å². The van der Waals surface area contributed by atoms with Crippen molar-refractivity contribution in [1.29, 1.82) is 0 Å². The molecule has 0 heterocycles. The molecule has 2 fully saturated rings. The maximum absolute atomic E-state index is 13.1. The fourth-order valence-corrected chi connectivity index (χ4v) is 19.3. The van der Waals surface area contributed by atoms with Crippen LogP contribution >= 0.6 is 23.5 Å². The smallest absolute Gasteiger partial charge is 0.306 e. The summed E-state index contributed by atoms with van der Waals surface area (Å²) < 4.78 is 19.9. The van der Waals surface area contributed by atoms with E-state index < -0.39 is 8.32 Å². The van der Waals surface area contributed by atoms with Crippen molar-refractivity contribution in [2.75, 3.05) is 31.7 Å². The molecule has 0 saturated heterocycles. The van der Waals surface area contributed by atoms with Gasteiger partial charge in [0, 0.05) is 47.5 Å². The minimum Gasteiger partial charge on any atom is -0.461 e. The van der Waals surface area contributed by atoms with Gasteiger partial charge < -0.3 is 18.8 Å². The Labute approximate surface area is 471 Å². The van der Waals surface area contributed by atoms with E-state index in [1.54, 1.807) is 0 Å². The van der Waals surface area contributed by atoms with Crippen molar-refractivity contribution < 1.29 is 23.5 Å². The average molecular weight is 1090 g/mol. The van der Waals surface area contributed by atoms with Crippen LogP contribution in [0.3, 0.4) is 0 Å². The van der Waals surface area contributed by atoms with Crippen molar-refractivity contribution >= 4 is 54.2 Å². The molecule has 0 radical (unpaired) electrons. The zero-order valence-corrected chi connectivity index (χ0v) is 51.9. The molecule has 2 aromatic carbocycles. The molecule has 9 heteroatoms. The summed E-state index contributed by atoms with van der Waals surface area (Å²) in [5.41, 5.74) is 0. The Balaban J connectivity index is 1.34. The number of benzene rings is 2. The average Bonchev–Trinajstić information content (AvgIpc) is 3.42. The van der Waals surface area contributed by atoms with Crippen LogP contribution in [-0.4, -0.2) is 85.6 Å². The Morgan fingerprint density at radius 1 is 0.533 bits per heavy atom. The molecular formula is C66H113NO5S2Si. The Hall–Kier alpha value is -1.78. The van der Waals surface area contributed by atoms with Crippen LogP contribution in [0.1, 0.15) is 266 Å². The second kappa shape index (κ2) is 40.4. The number of thioether (sulfide) groups is 2. The van der Waals surface area contributed by atoms with Crippen molar-refractivity contribution in [2.24, 2.45) is 0 Å². The van der Waals surface area contributed by atoms with Crippen LogP contribution in [0, 0.1) is 0 Å². The molecule has 2 atom stereocenters. The Morgan fingerprint density at radius 3 is 1.36 bits per heavy atom. The van der Waals surface area contributed by atoms with Crippen LogP contribution in [-0.2, 0) is 23.5 Å². The first-order valence-corrected chi connectivity index (χ1v) is 35.6. The lowest BCUT2D eigenvalue weighted by atomic mass is 9.98. The molecule has 0 spiro atoms. The van der Waals surface area contributed by atoms with Crippen LogP contribution in [0.25, 0.3) is 0 Å². The molecule has 428 valence electrons. The molecule has 0 bridgehead atoms. The lowest BCUT2D eigenvalue weighted by Crippen LogP contribution is -2.66. The third-order valence-corrected chi connectivity index (χ3v) is 24.7. The minimum atomic E-state index is -2.56. The van der Waals surface area contributed by atoms with E-state index in [0.29, 0.717) is 18.9 Å². The van der Waals surface area contributed by atoms with E-state index in [0.717, 1.165) is 99.4 Å². The first kappa shape index (κ1) is 65.7. The molecule has 0 aromatic heterocycles. The van der Waals surface area contributed by atoms with Crippen molar-refractivity contribution in [3.05, 3.63) is 60.7 Å². The first-order valence-electron chi connectivity index (χ1n) is 31.6. The quantitative estimate of drug-likeness (QED) is 0.0370. The minimum absolute atomic E-state index is 0.0233. The van der Waals surface area contributed by atoms with E-state index in [9.17, 15) is 9.59 Å². The highest BCUT2D eigenvalue weighted by Crippen LogP contribution is 2.37. The lowest BCUT2D eigenvalue weighted by molar-refractivity contribution is -0.149. The molecule has 0 amide bonds. The summed E-state index contributed by atoms with van der Waals surface area (Å²) in [6.45, 7) is 13.5. The fraction of sp³-hybridized carbons (Fsp3) is 0.788. The molecule has 2 unspecified atom stereocenters. The fourth-order valence-electron chi connectivity index (χ4n) is 12.0. The van der Waals surface area contributed by atoms with Crippen LogP contribution in [0.2, 0.25) is 5.04 Å². The summed E-state index contributed by atoms with van der Waals surface area (Å²) >= 11 is 4.17. The summed E-state index contributed by atoms with van der Waals surface area (Å²) in [6, 6.07) is 22.7. The molecule has 2 aliphatic rings. The topological polar surface area (TPSA) is 65.1 Å². The van der Waals surface area contributed by atoms with Gasteiger partial charge in [0.05, 0.1) is 0 Å². The number of hydrogen-bond acceptors (Lipinski definition) is 8. The second-order valence-corrected chi connectivity index (χ2v) is 31.0. The predicted octanol–water partition coefficient (Wildman–Crippen LogP) is 18.0. The van der Waals surface area contributed by atoms with Gasteiger partial charge in [0.15, 0.2) is 0 Å². The second-order valence-electron chi connectivity index (χ2n) is 24.1. The van der Waals surface area contributed by atoms with Crippen molar-refractivity contribution in [3.63, 3.8) is 0 Å². The highest BCUT2D eigenvalue weighted by atomic mass is 32.2. The van der Waals surface area contributed by atoms with Gasteiger partial charge in [-0.25, -0.2) is 0 Å². The molecule has 2 aromatic rings. The van der Waals surface area contributed by atoms with Gasteiger partial charge in [-0.1, -0.05) is 224 Å². The van der Waals surface area contributed by atoms with Crippen LogP contribution in [0.15, 0.2) is 60.7 Å². The van der Waals surface area contributed by atoms with E-state index >= 15 is 0 Å². The van der Waals surface area contributed by atoms with Gasteiger partial charge in [-0.05, 0) is 119 Å². The Bertz CT molecular complexity index is 1590. The monoisotopic (exact) mass is 1090 g/mol. The Kier molecular flexibility index (Phi) is 35.4. The van der Waals surface area contributed by atoms with Crippen LogP contribution < -0.4 is 10.4 Å². The number of unbranched alkanes of at least 4 members (excludes halogenated alkanes) is 15. The van der Waals surface area contributed by atoms with Gasteiger partial charge in [-0.3, -0.25) is 9.59 Å². The summed E-state index contributed by atoms with van der Waals surface area (Å²) in [5.74, 6) is 1.96. The standard InChI is InChI=1S/C66H113NO5S2Si/c1-7-9-11-13-15-35-51-64(68)71-58(55-73-60-43-27-19-28-44-60)41-25-17-23-39-57(40-24-18-26-42-59(56-74-61-45-29-20-30-46-61)72-65(69)52-36-16-14-12-10-8-2)67(6)53-37-38-54-70-75(66(3,4)5,62-47-31-21-32-48-62)63-49-33-22-34-50-63/h21-22,31-34,47-50,57-61H,7-20,23-30,35-46,51-56H2,1-6H3. The molecule has 6 nitrogen and oxygen atoms in total. The maximum atomic E-state index is 13.1. The van der Waals surface area contributed by atoms with E-state index in [2.05, 4.69) is 131 Å². The van der Waals surface area contributed by atoms with E-state index in [-0.39, 0.29) is 29.2 Å². The molecule has 0 N–H and O–H groups in total. The van der Waals surface area contributed by atoms with Crippen molar-refractivity contribution in [2.45, 2.75) is 300 Å². The number of rotatable bonds is 43. The predicted molar refractivity (Wildman–Crippen MR) is 330 cm³/mol. The van der Waals surface area contributed by atoms with Gasteiger partial charge in [-0.2, -0.15) is 23.5 Å². The first-order chi connectivity index (χ1) is 36.6. The zero-order chi connectivity index (χ0) is 53.7. The third-order valence-electron chi connectivity index (χ3n) is 16.6. The molecular weight excluding hydrogens is 979 g/mol. The van der Waals surface area contributed by atoms with Gasteiger partial charge in [-0.15, -0.1) is 0 Å². The highest BCUT2D eigenvalue weighted by molar-refractivity contribution is 8.00. The maximum Gasteiger partial charge on any atom is 0.306 e. The SMILES string of the molecule is CCCCCCCCC(=O)OC(CCCCCC(CCCCCC(CSC1CCCCC1)OC(=O)CCCCCCCC)N(C)CCCCO[Si](c1ccccc1)(c1ccccc1)C(C)(C)C)CSC1CCCCC1. The summed E-state index contributed by atoms with van der Waals surface area (Å²) in [4.78, 5) is 28.9. The summed E-state index contributed by atoms with van der Waals surface area (Å²) in [5, 5.41) is 4.14. The number of hydrogen-bond donors (Lipinski definition) is 0. The third kappa shape index (κ3) is 27.3. The van der Waals surface area contributed by atoms with Crippen molar-refractivity contribution in [3.8, 4) is 0 Å². The largest absolute Gasteiger partial charge is 0.461 e. The van der Waals surface area contributed by atoms with Crippen LogP contribution in [0.5, 0.6) is 0 Å². The molecule has 2 aliphatic carbocycles. The Morgan fingerprint density at radius 2 is 0.933 bits per heavy atom. The van der Waals surface area contributed by atoms with Gasteiger partial charge in [0.1, 0.15) is 12.2 Å². The number of carbonyl (C=O) groups is 2. The normalized spacial score (nSPS) is 16.3. The summed E-state index contributed by atoms with van der Waals surface area (Å²) in [7, 11) is -0.187. The number of esters is 2. The lowest BCUT2D eigenvalue weighted by Gasteiger charge is -2.43. The zero-order valence-electron chi connectivity index (χ0n) is 49.2. The molecule has 2 saturated carbocycles. The highest BCUT2D eigenvalue weighted by Gasteiger charge is 2.50. The van der Waals surface area contributed by atoms with E-state index in [4.69, 9.17) is 13.9 Å². The van der Waals surface area contributed by atoms with E-state index in [1.807, 2.05) is 0 Å². The van der Waals surface area contributed by atoms with Crippen LogP contribution in [0.4, 0.5) is 0 Å². The van der Waals surface area contributed by atoms with Gasteiger partial charge >= 0.3 is 11.9 Å².